The van der Waals surface area contributed by atoms with Gasteiger partial charge in [-0.05, 0) is 25.7 Å². The summed E-state index contributed by atoms with van der Waals surface area (Å²) in [6, 6.07) is -1.42. The molecular weight excluding hydrogens is 725 g/mol. The molecule has 0 saturated carbocycles. The fourth-order valence-electron chi connectivity index (χ4n) is 6.68. The lowest BCUT2D eigenvalue weighted by molar-refractivity contribution is -0.441. The zero-order valence-corrected chi connectivity index (χ0v) is 35.7. The quantitative estimate of drug-likeness (QED) is 0.0274. The molecule has 5 atom stereocenters. The predicted octanol–water partition coefficient (Wildman–Crippen LogP) is 7.81. The van der Waals surface area contributed by atoms with Crippen molar-refractivity contribution in [3.8, 4) is 0 Å². The molecule has 1 aliphatic heterocycles. The first kappa shape index (κ1) is 51.5. The maximum Gasteiger partial charge on any atom is 0.306 e. The van der Waals surface area contributed by atoms with Crippen molar-refractivity contribution in [1.29, 1.82) is 0 Å². The molecule has 1 heterocycles. The number of aliphatic carboxylic acids is 1. The Labute approximate surface area is 333 Å². The Morgan fingerprint density at radius 2 is 0.964 bits per heavy atom. The van der Waals surface area contributed by atoms with Gasteiger partial charge in [0.2, 0.25) is 0 Å². The predicted molar refractivity (Wildman–Crippen MR) is 211 cm³/mol. The zero-order valence-electron chi connectivity index (χ0n) is 34.8. The van der Waals surface area contributed by atoms with Gasteiger partial charge in [0.1, 0.15) is 25.2 Å². The van der Waals surface area contributed by atoms with E-state index in [1.807, 2.05) is 0 Å². The highest BCUT2D eigenvalue weighted by Crippen LogP contribution is 2.38. The lowest BCUT2D eigenvalue weighted by atomic mass is 10.0. The molecule has 1 saturated heterocycles. The third-order valence-corrected chi connectivity index (χ3v) is 11.2. The van der Waals surface area contributed by atoms with Crippen molar-refractivity contribution >= 4 is 25.7 Å². The number of quaternary nitrogens is 1. The van der Waals surface area contributed by atoms with Crippen molar-refractivity contribution in [2.45, 2.75) is 231 Å². The van der Waals surface area contributed by atoms with Crippen LogP contribution in [0.15, 0.2) is 0 Å². The van der Waals surface area contributed by atoms with Crippen molar-refractivity contribution in [2.75, 3.05) is 19.8 Å². The first-order chi connectivity index (χ1) is 26.6. The van der Waals surface area contributed by atoms with Gasteiger partial charge in [-0.15, -0.1) is 0 Å². The number of unbranched alkanes of at least 4 members (excludes halogenated alkanes) is 23. The van der Waals surface area contributed by atoms with Crippen LogP contribution in [0, 0.1) is 0 Å². The second-order valence-corrected chi connectivity index (χ2v) is 17.0. The largest absolute Gasteiger partial charge is 0.756 e. The Kier molecular flexibility index (Phi) is 32.3. The number of epoxide rings is 1. The molecule has 1 fully saturated rings. The van der Waals surface area contributed by atoms with E-state index in [0.717, 1.165) is 51.4 Å². The van der Waals surface area contributed by atoms with E-state index in [9.17, 15) is 28.9 Å². The van der Waals surface area contributed by atoms with Crippen molar-refractivity contribution in [3.63, 3.8) is 0 Å². The molecule has 1 rings (SSSR count). The van der Waals surface area contributed by atoms with E-state index in [4.69, 9.17) is 18.7 Å². The molecule has 0 aliphatic carbocycles. The fourth-order valence-corrected chi connectivity index (χ4v) is 7.46. The van der Waals surface area contributed by atoms with Crippen molar-refractivity contribution in [2.24, 2.45) is 0 Å². The number of carboxylic acids is 1. The van der Waals surface area contributed by atoms with E-state index in [1.54, 1.807) is 0 Å². The SMILES string of the molecule is CCCCCCCCCCCCCCCCCC(=O)OC[C@H](COP(=O)([O-])OC[C@H]([NH3+])C(=O)[O-])OC(=O)CCCCCCCC1OC1CCCCCCCC. The Balaban J connectivity index is 2.27. The van der Waals surface area contributed by atoms with E-state index in [-0.39, 0.29) is 19.4 Å². The summed E-state index contributed by atoms with van der Waals surface area (Å²) in [5, 5.41) is 10.8. The van der Waals surface area contributed by atoms with E-state index in [1.165, 1.54) is 116 Å². The lowest BCUT2D eigenvalue weighted by Gasteiger charge is -2.26. The maximum atomic E-state index is 12.6. The molecule has 13 heteroatoms. The number of phosphoric ester groups is 1. The molecule has 0 aromatic carbocycles. The summed E-state index contributed by atoms with van der Waals surface area (Å²) < 4.78 is 38.2. The fraction of sp³-hybridized carbons (Fsp3) is 0.929. The van der Waals surface area contributed by atoms with Crippen LogP contribution in [-0.4, -0.2) is 62.1 Å². The van der Waals surface area contributed by atoms with Gasteiger partial charge < -0.3 is 43.8 Å². The maximum absolute atomic E-state index is 12.6. The van der Waals surface area contributed by atoms with Gasteiger partial charge in [0.05, 0.1) is 18.8 Å². The highest BCUT2D eigenvalue weighted by Gasteiger charge is 2.36. The lowest BCUT2D eigenvalue weighted by Crippen LogP contribution is -2.70. The average molecular weight is 805 g/mol. The number of hydrogen-bond donors (Lipinski definition) is 1. The zero-order chi connectivity index (χ0) is 40.4. The molecular formula is C42H79NO11P-. The number of esters is 2. The number of carboxylic acid groups (broad SMARTS) is 1. The average Bonchev–Trinajstić information content (AvgIpc) is 3.91. The summed E-state index contributed by atoms with van der Waals surface area (Å²) in [6.07, 6.45) is 33.0. The smallest absolute Gasteiger partial charge is 0.306 e. The van der Waals surface area contributed by atoms with Gasteiger partial charge in [-0.2, -0.15) is 0 Å². The van der Waals surface area contributed by atoms with Crippen molar-refractivity contribution in [3.05, 3.63) is 0 Å². The molecule has 0 spiro atoms. The molecule has 1 aliphatic rings. The first-order valence-corrected chi connectivity index (χ1v) is 23.7. The molecule has 3 N–H and O–H groups in total. The van der Waals surface area contributed by atoms with Crippen molar-refractivity contribution in [1.82, 2.24) is 0 Å². The van der Waals surface area contributed by atoms with Crippen LogP contribution in [0.5, 0.6) is 0 Å². The summed E-state index contributed by atoms with van der Waals surface area (Å²) in [5.74, 6) is -2.58. The van der Waals surface area contributed by atoms with Crippen LogP contribution in [0.4, 0.5) is 0 Å². The van der Waals surface area contributed by atoms with Crippen LogP contribution >= 0.6 is 7.82 Å². The van der Waals surface area contributed by atoms with Gasteiger partial charge in [-0.3, -0.25) is 14.2 Å². The summed E-state index contributed by atoms with van der Waals surface area (Å²) in [5.41, 5.74) is 3.24. The van der Waals surface area contributed by atoms with Gasteiger partial charge in [0, 0.05) is 12.8 Å². The van der Waals surface area contributed by atoms with Crippen LogP contribution in [0.2, 0.25) is 0 Å². The summed E-state index contributed by atoms with van der Waals surface area (Å²) in [7, 11) is -4.95. The Morgan fingerprint density at radius 3 is 1.40 bits per heavy atom. The van der Waals surface area contributed by atoms with Crippen LogP contribution in [0.1, 0.15) is 206 Å². The van der Waals surface area contributed by atoms with E-state index in [0.29, 0.717) is 25.0 Å². The second-order valence-electron chi connectivity index (χ2n) is 15.6. The van der Waals surface area contributed by atoms with Gasteiger partial charge >= 0.3 is 11.9 Å². The summed E-state index contributed by atoms with van der Waals surface area (Å²) >= 11 is 0. The molecule has 3 unspecified atom stereocenters. The summed E-state index contributed by atoms with van der Waals surface area (Å²) in [6.45, 7) is 2.70. The molecule has 12 nitrogen and oxygen atoms in total. The number of hydrogen-bond acceptors (Lipinski definition) is 11. The number of ether oxygens (including phenoxy) is 3. The molecule has 0 amide bonds. The van der Waals surface area contributed by atoms with Crippen LogP contribution in [-0.2, 0) is 42.2 Å². The monoisotopic (exact) mass is 805 g/mol. The first-order valence-electron chi connectivity index (χ1n) is 22.2. The van der Waals surface area contributed by atoms with Crippen LogP contribution < -0.4 is 15.7 Å². The van der Waals surface area contributed by atoms with Gasteiger partial charge in [0.15, 0.2) is 6.10 Å². The third-order valence-electron chi connectivity index (χ3n) is 10.3. The Hall–Kier alpha value is -1.56. The Bertz CT molecular complexity index is 1020. The highest BCUT2D eigenvalue weighted by molar-refractivity contribution is 7.45. The second kappa shape index (κ2) is 34.5. The third kappa shape index (κ3) is 32.1. The van der Waals surface area contributed by atoms with Crippen molar-refractivity contribution < 1.29 is 57.9 Å². The van der Waals surface area contributed by atoms with E-state index < -0.39 is 51.1 Å². The minimum atomic E-state index is -4.95. The van der Waals surface area contributed by atoms with Crippen LogP contribution in [0.3, 0.4) is 0 Å². The molecule has 0 radical (unpaired) electrons. The number of rotatable bonds is 41. The minimum absolute atomic E-state index is 0.135. The van der Waals surface area contributed by atoms with E-state index in [2.05, 4.69) is 24.1 Å². The van der Waals surface area contributed by atoms with Gasteiger partial charge in [0.25, 0.3) is 7.82 Å². The number of phosphoric acid groups is 1. The minimum Gasteiger partial charge on any atom is -0.756 e. The normalized spacial score (nSPS) is 17.4. The van der Waals surface area contributed by atoms with E-state index >= 15 is 0 Å². The summed E-state index contributed by atoms with van der Waals surface area (Å²) in [4.78, 5) is 48.1. The number of carbonyl (C=O) groups excluding carboxylic acids is 3. The van der Waals surface area contributed by atoms with Crippen LogP contribution in [0.25, 0.3) is 0 Å². The number of carbonyl (C=O) groups is 3. The molecule has 324 valence electrons. The molecule has 0 aromatic rings. The molecule has 0 bridgehead atoms. The standard InChI is InChI=1S/C42H80NO11P/c1-3-5-7-9-11-12-13-14-15-16-17-18-19-23-27-31-40(44)50-33-36(34-51-55(48,49)52-35-37(43)42(46)47)53-41(45)32-28-24-20-22-26-30-39-38(54-39)29-25-21-10-8-6-4-2/h36-39H,3-35,43H2,1-2H3,(H,46,47)(H,48,49)/p-1/t36-,37+,38?,39?/m1/s1. The van der Waals surface area contributed by atoms with Gasteiger partial charge in [-0.25, -0.2) is 0 Å². The topological polar surface area (TPSA) is 191 Å². The molecule has 0 aromatic heterocycles. The molecule has 55 heavy (non-hydrogen) atoms. The highest BCUT2D eigenvalue weighted by atomic mass is 31.2. The van der Waals surface area contributed by atoms with Gasteiger partial charge in [-0.1, -0.05) is 168 Å². The Morgan fingerprint density at radius 1 is 0.582 bits per heavy atom.